The lowest BCUT2D eigenvalue weighted by atomic mass is 10.2. The van der Waals surface area contributed by atoms with Crippen LogP contribution in [0.5, 0.6) is 0 Å². The molecule has 0 aliphatic heterocycles. The number of aryl methyl sites for hydroxylation is 1. The van der Waals surface area contributed by atoms with Crippen molar-refractivity contribution in [3.63, 3.8) is 0 Å². The zero-order valence-corrected chi connectivity index (χ0v) is 9.62. The van der Waals surface area contributed by atoms with Crippen LogP contribution < -0.4 is 5.69 Å². The van der Waals surface area contributed by atoms with Gasteiger partial charge in [0.2, 0.25) is 0 Å². The number of nitrogens with zero attached hydrogens (tertiary/aromatic N) is 3. The number of hydrogen-bond acceptors (Lipinski definition) is 3. The summed E-state index contributed by atoms with van der Waals surface area (Å²) in [7, 11) is 1.62. The molecule has 0 aliphatic carbocycles. The first-order valence-electron chi connectivity index (χ1n) is 5.25. The molecule has 0 fully saturated rings. The minimum Gasteiger partial charge on any atom is -0.481 e. The van der Waals surface area contributed by atoms with Gasteiger partial charge in [-0.25, -0.2) is 9.78 Å². The zero-order chi connectivity index (χ0) is 12.6. The molecule has 2 aromatic rings. The SMILES string of the molecule is CC(Cn1c(=O)n(C)c2ncccc21)C(=O)O. The highest BCUT2D eigenvalue weighted by Crippen LogP contribution is 2.10. The Balaban J connectivity index is 2.58. The predicted octanol–water partition coefficient (Wildman–Crippen LogP) is 0.456. The van der Waals surface area contributed by atoms with Crippen LogP contribution >= 0.6 is 0 Å². The molecule has 0 saturated heterocycles. The fourth-order valence-corrected chi connectivity index (χ4v) is 1.76. The number of aromatic nitrogens is 3. The molecule has 0 amide bonds. The summed E-state index contributed by atoms with van der Waals surface area (Å²) in [6.45, 7) is 1.72. The summed E-state index contributed by atoms with van der Waals surface area (Å²) in [6, 6.07) is 3.49. The van der Waals surface area contributed by atoms with Crippen molar-refractivity contribution in [2.24, 2.45) is 13.0 Å². The van der Waals surface area contributed by atoms with Crippen molar-refractivity contribution in [2.75, 3.05) is 0 Å². The fourth-order valence-electron chi connectivity index (χ4n) is 1.76. The van der Waals surface area contributed by atoms with Gasteiger partial charge in [-0.15, -0.1) is 0 Å². The van der Waals surface area contributed by atoms with E-state index < -0.39 is 11.9 Å². The zero-order valence-electron chi connectivity index (χ0n) is 9.62. The van der Waals surface area contributed by atoms with E-state index in [-0.39, 0.29) is 12.2 Å². The van der Waals surface area contributed by atoms with Crippen molar-refractivity contribution >= 4 is 17.1 Å². The first kappa shape index (κ1) is 11.4. The van der Waals surface area contributed by atoms with Crippen molar-refractivity contribution in [1.29, 1.82) is 0 Å². The predicted molar refractivity (Wildman–Crippen MR) is 61.8 cm³/mol. The van der Waals surface area contributed by atoms with Crippen LogP contribution in [0.25, 0.3) is 11.2 Å². The summed E-state index contributed by atoms with van der Waals surface area (Å²) in [6.07, 6.45) is 1.60. The van der Waals surface area contributed by atoms with Crippen molar-refractivity contribution in [1.82, 2.24) is 14.1 Å². The summed E-state index contributed by atoms with van der Waals surface area (Å²) in [5.74, 6) is -1.53. The van der Waals surface area contributed by atoms with Crippen LogP contribution in [0.2, 0.25) is 0 Å². The molecule has 90 valence electrons. The number of carboxylic acids is 1. The Bertz CT molecular complexity index is 626. The highest BCUT2D eigenvalue weighted by molar-refractivity contribution is 5.72. The normalized spacial score (nSPS) is 12.8. The molecule has 0 aromatic carbocycles. The van der Waals surface area contributed by atoms with Gasteiger partial charge in [0.25, 0.3) is 0 Å². The van der Waals surface area contributed by atoms with Crippen LogP contribution in [0.4, 0.5) is 0 Å². The van der Waals surface area contributed by atoms with Crippen LogP contribution in [-0.2, 0) is 18.4 Å². The largest absolute Gasteiger partial charge is 0.481 e. The Kier molecular flexibility index (Phi) is 2.71. The highest BCUT2D eigenvalue weighted by atomic mass is 16.4. The van der Waals surface area contributed by atoms with Crippen LogP contribution in [0, 0.1) is 5.92 Å². The lowest BCUT2D eigenvalue weighted by molar-refractivity contribution is -0.141. The number of imidazole rings is 1. The summed E-state index contributed by atoms with van der Waals surface area (Å²) in [5.41, 5.74) is 0.981. The first-order chi connectivity index (χ1) is 8.02. The number of pyridine rings is 1. The van der Waals surface area contributed by atoms with E-state index in [1.165, 1.54) is 9.13 Å². The summed E-state index contributed by atoms with van der Waals surface area (Å²) in [4.78, 5) is 26.9. The van der Waals surface area contributed by atoms with Crippen molar-refractivity contribution in [3.8, 4) is 0 Å². The van der Waals surface area contributed by atoms with E-state index in [0.29, 0.717) is 11.2 Å². The van der Waals surface area contributed by atoms with Gasteiger partial charge in [-0.2, -0.15) is 0 Å². The molecule has 2 aromatic heterocycles. The molecular weight excluding hydrogens is 222 g/mol. The van der Waals surface area contributed by atoms with E-state index in [1.807, 2.05) is 0 Å². The molecule has 6 heteroatoms. The smallest absolute Gasteiger partial charge is 0.330 e. The van der Waals surface area contributed by atoms with Crippen molar-refractivity contribution in [2.45, 2.75) is 13.5 Å². The average molecular weight is 235 g/mol. The standard InChI is InChI=1S/C11H13N3O3/c1-7(10(15)16)6-14-8-4-3-5-12-9(8)13(2)11(14)17/h3-5,7H,6H2,1-2H3,(H,15,16). The Hall–Kier alpha value is -2.11. The molecule has 6 nitrogen and oxygen atoms in total. The van der Waals surface area contributed by atoms with E-state index >= 15 is 0 Å². The number of aliphatic carboxylic acids is 1. The van der Waals surface area contributed by atoms with Crippen LogP contribution in [0.15, 0.2) is 23.1 Å². The Morgan fingerprint density at radius 2 is 2.29 bits per heavy atom. The van der Waals surface area contributed by atoms with Gasteiger partial charge in [-0.05, 0) is 12.1 Å². The molecule has 1 unspecified atom stereocenters. The number of rotatable bonds is 3. The maximum absolute atomic E-state index is 11.9. The van der Waals surface area contributed by atoms with Gasteiger partial charge < -0.3 is 5.11 Å². The van der Waals surface area contributed by atoms with Crippen molar-refractivity contribution < 1.29 is 9.90 Å². The maximum Gasteiger partial charge on any atom is 0.330 e. The van der Waals surface area contributed by atoms with Gasteiger partial charge in [-0.3, -0.25) is 13.9 Å². The van der Waals surface area contributed by atoms with Gasteiger partial charge in [-0.1, -0.05) is 6.92 Å². The van der Waals surface area contributed by atoms with E-state index in [9.17, 15) is 9.59 Å². The van der Waals surface area contributed by atoms with Crippen LogP contribution in [0.1, 0.15) is 6.92 Å². The Morgan fingerprint density at radius 3 is 2.94 bits per heavy atom. The molecular formula is C11H13N3O3. The second kappa shape index (κ2) is 4.04. The molecule has 1 atom stereocenters. The fraction of sp³-hybridized carbons (Fsp3) is 0.364. The molecule has 2 rings (SSSR count). The molecule has 0 saturated carbocycles. The molecule has 17 heavy (non-hydrogen) atoms. The highest BCUT2D eigenvalue weighted by Gasteiger charge is 2.17. The number of carboxylic acid groups (broad SMARTS) is 1. The molecule has 1 N–H and O–H groups in total. The van der Waals surface area contributed by atoms with E-state index in [2.05, 4.69) is 4.98 Å². The van der Waals surface area contributed by atoms with Crippen LogP contribution in [-0.4, -0.2) is 25.2 Å². The monoisotopic (exact) mass is 235 g/mol. The van der Waals surface area contributed by atoms with E-state index in [0.717, 1.165) is 0 Å². The molecule has 2 heterocycles. The first-order valence-corrected chi connectivity index (χ1v) is 5.25. The van der Waals surface area contributed by atoms with Gasteiger partial charge in [0.15, 0.2) is 5.65 Å². The number of fused-ring (bicyclic) bond motifs is 1. The van der Waals surface area contributed by atoms with Gasteiger partial charge in [0.05, 0.1) is 11.4 Å². The van der Waals surface area contributed by atoms with E-state index in [1.54, 1.807) is 32.3 Å². The molecule has 0 bridgehead atoms. The average Bonchev–Trinajstić information content (AvgIpc) is 2.55. The molecule has 0 radical (unpaired) electrons. The second-order valence-electron chi connectivity index (χ2n) is 4.04. The summed E-state index contributed by atoms with van der Waals surface area (Å²) < 4.78 is 2.87. The minimum absolute atomic E-state index is 0.150. The minimum atomic E-state index is -0.919. The third-order valence-electron chi connectivity index (χ3n) is 2.77. The van der Waals surface area contributed by atoms with Crippen LogP contribution in [0.3, 0.4) is 0 Å². The van der Waals surface area contributed by atoms with E-state index in [4.69, 9.17) is 5.11 Å². The quantitative estimate of drug-likeness (QED) is 0.838. The number of hydrogen-bond donors (Lipinski definition) is 1. The molecule has 0 spiro atoms. The third kappa shape index (κ3) is 1.82. The Morgan fingerprint density at radius 1 is 1.59 bits per heavy atom. The maximum atomic E-state index is 11.9. The third-order valence-corrected chi connectivity index (χ3v) is 2.77. The molecule has 0 aliphatic rings. The van der Waals surface area contributed by atoms with Gasteiger partial charge in [0.1, 0.15) is 0 Å². The lowest BCUT2D eigenvalue weighted by Gasteiger charge is -2.06. The topological polar surface area (TPSA) is 77.1 Å². The number of carbonyl (C=O) groups is 1. The van der Waals surface area contributed by atoms with Gasteiger partial charge >= 0.3 is 11.7 Å². The summed E-state index contributed by atoms with van der Waals surface area (Å²) in [5, 5.41) is 8.88. The summed E-state index contributed by atoms with van der Waals surface area (Å²) >= 11 is 0. The lowest BCUT2D eigenvalue weighted by Crippen LogP contribution is -2.27. The van der Waals surface area contributed by atoms with Gasteiger partial charge in [0, 0.05) is 19.8 Å². The second-order valence-corrected chi connectivity index (χ2v) is 4.04. The Labute approximate surface area is 97.1 Å². The van der Waals surface area contributed by atoms with Crippen molar-refractivity contribution in [3.05, 3.63) is 28.8 Å².